The monoisotopic (exact) mass is 446 g/mol. The normalized spacial score (nSPS) is 27.5. The van der Waals surface area contributed by atoms with Crippen LogP contribution >= 0.6 is 11.8 Å². The van der Waals surface area contributed by atoms with Crippen LogP contribution in [0.4, 0.5) is 5.82 Å². The van der Waals surface area contributed by atoms with Crippen molar-refractivity contribution in [3.05, 3.63) is 64.4 Å². The van der Waals surface area contributed by atoms with Gasteiger partial charge in [0.1, 0.15) is 11.5 Å². The number of allylic oxidation sites excluding steroid dienone is 2. The number of amides is 1. The first kappa shape index (κ1) is 19.7. The molecule has 0 spiro atoms. The van der Waals surface area contributed by atoms with E-state index in [1.807, 2.05) is 16.9 Å². The molecule has 0 N–H and O–H groups in total. The van der Waals surface area contributed by atoms with Gasteiger partial charge in [0.15, 0.2) is 11.6 Å². The number of rotatable bonds is 3. The van der Waals surface area contributed by atoms with E-state index in [0.29, 0.717) is 40.6 Å². The fourth-order valence-corrected chi connectivity index (χ4v) is 7.08. The van der Waals surface area contributed by atoms with Crippen molar-refractivity contribution in [3.63, 3.8) is 0 Å². The Morgan fingerprint density at radius 3 is 2.62 bits per heavy atom. The second-order valence-electron chi connectivity index (χ2n) is 9.15. The second kappa shape index (κ2) is 6.78. The fourth-order valence-electron chi connectivity index (χ4n) is 6.57. The number of carbonyl (C=O) groups excluding carboxylic acids is 4. The summed E-state index contributed by atoms with van der Waals surface area (Å²) >= 11 is 1.53. The van der Waals surface area contributed by atoms with E-state index in [1.165, 1.54) is 11.8 Å². The highest BCUT2D eigenvalue weighted by molar-refractivity contribution is 7.97. The van der Waals surface area contributed by atoms with E-state index in [9.17, 15) is 19.2 Å². The largest absolute Gasteiger partial charge is 0.314 e. The van der Waals surface area contributed by atoms with Gasteiger partial charge in [-0.15, -0.1) is 11.8 Å². The smallest absolute Gasteiger partial charge is 0.215 e. The first-order valence-corrected chi connectivity index (χ1v) is 12.3. The van der Waals surface area contributed by atoms with Gasteiger partial charge in [-0.3, -0.25) is 24.1 Å². The molecule has 7 heteroatoms. The number of nitrogens with zero attached hydrogens (tertiary/aromatic N) is 2. The molecule has 1 saturated carbocycles. The SMILES string of the molecule is CSCn1c2c(c3c1N(C=O)C[C@@]14CCC[C@@H]1[C@@H]3C=CC4=O)C(=O)c1ccccc1C2=O. The molecule has 1 fully saturated rings. The molecule has 2 heterocycles. The van der Waals surface area contributed by atoms with Gasteiger partial charge in [0.25, 0.3) is 0 Å². The van der Waals surface area contributed by atoms with Gasteiger partial charge in [0.2, 0.25) is 12.2 Å². The van der Waals surface area contributed by atoms with Gasteiger partial charge in [-0.2, -0.15) is 0 Å². The zero-order valence-corrected chi connectivity index (χ0v) is 18.5. The molecule has 0 unspecified atom stereocenters. The summed E-state index contributed by atoms with van der Waals surface area (Å²) in [4.78, 5) is 54.6. The van der Waals surface area contributed by atoms with Crippen LogP contribution in [0.3, 0.4) is 0 Å². The summed E-state index contributed by atoms with van der Waals surface area (Å²) in [5.41, 5.74) is 1.72. The fraction of sp³-hybridized carbons (Fsp3) is 0.360. The lowest BCUT2D eigenvalue weighted by Gasteiger charge is -2.39. The van der Waals surface area contributed by atoms with Crippen molar-refractivity contribution in [2.75, 3.05) is 17.7 Å². The maximum atomic E-state index is 13.8. The van der Waals surface area contributed by atoms with E-state index in [0.717, 1.165) is 31.2 Å². The molecule has 2 bridgehead atoms. The minimum Gasteiger partial charge on any atom is -0.314 e. The average molecular weight is 447 g/mol. The van der Waals surface area contributed by atoms with Crippen LogP contribution in [-0.2, 0) is 15.5 Å². The highest BCUT2D eigenvalue weighted by Gasteiger charge is 2.57. The van der Waals surface area contributed by atoms with Crippen LogP contribution in [0.5, 0.6) is 0 Å². The van der Waals surface area contributed by atoms with Crippen molar-refractivity contribution in [3.8, 4) is 0 Å². The number of anilines is 1. The van der Waals surface area contributed by atoms with Crippen LogP contribution in [0.15, 0.2) is 36.4 Å². The predicted molar refractivity (Wildman–Crippen MR) is 121 cm³/mol. The van der Waals surface area contributed by atoms with E-state index in [1.54, 1.807) is 35.2 Å². The third-order valence-electron chi connectivity index (χ3n) is 7.80. The van der Waals surface area contributed by atoms with Gasteiger partial charge < -0.3 is 4.57 Å². The van der Waals surface area contributed by atoms with Crippen molar-refractivity contribution in [1.29, 1.82) is 0 Å². The number of ketones is 3. The number of carbonyl (C=O) groups is 4. The van der Waals surface area contributed by atoms with Gasteiger partial charge in [-0.25, -0.2) is 0 Å². The molecule has 6 rings (SSSR count). The van der Waals surface area contributed by atoms with Crippen LogP contribution in [0.25, 0.3) is 0 Å². The molecule has 2 aromatic rings. The second-order valence-corrected chi connectivity index (χ2v) is 9.98. The van der Waals surface area contributed by atoms with Crippen molar-refractivity contribution in [2.45, 2.75) is 31.1 Å². The number of thioether (sulfide) groups is 1. The maximum absolute atomic E-state index is 13.8. The quantitative estimate of drug-likeness (QED) is 0.575. The molecule has 3 aliphatic carbocycles. The summed E-state index contributed by atoms with van der Waals surface area (Å²) in [6.45, 7) is 0.292. The molecule has 1 aliphatic heterocycles. The van der Waals surface area contributed by atoms with Gasteiger partial charge in [0.05, 0.1) is 16.9 Å². The first-order chi connectivity index (χ1) is 15.5. The summed E-state index contributed by atoms with van der Waals surface area (Å²) in [5.74, 6) is 0.612. The summed E-state index contributed by atoms with van der Waals surface area (Å²) in [5, 5.41) is 0. The number of fused-ring (bicyclic) bond motifs is 5. The lowest BCUT2D eigenvalue weighted by molar-refractivity contribution is -0.126. The van der Waals surface area contributed by atoms with Crippen molar-refractivity contribution in [1.82, 2.24) is 4.57 Å². The summed E-state index contributed by atoms with van der Waals surface area (Å²) in [6, 6.07) is 6.93. The summed E-state index contributed by atoms with van der Waals surface area (Å²) < 4.78 is 1.84. The van der Waals surface area contributed by atoms with Crippen molar-refractivity contribution < 1.29 is 19.2 Å². The lowest BCUT2D eigenvalue weighted by Crippen LogP contribution is -2.46. The zero-order chi connectivity index (χ0) is 22.2. The van der Waals surface area contributed by atoms with E-state index in [4.69, 9.17) is 0 Å². The van der Waals surface area contributed by atoms with Crippen LogP contribution < -0.4 is 4.90 Å². The summed E-state index contributed by atoms with van der Waals surface area (Å²) in [7, 11) is 0. The van der Waals surface area contributed by atoms with Gasteiger partial charge in [0, 0.05) is 29.2 Å². The number of hydrogen-bond acceptors (Lipinski definition) is 5. The Labute approximate surface area is 189 Å². The van der Waals surface area contributed by atoms with Crippen molar-refractivity contribution >= 4 is 41.3 Å². The first-order valence-electron chi connectivity index (χ1n) is 10.9. The molecular formula is C25H22N2O4S. The highest BCUT2D eigenvalue weighted by Crippen LogP contribution is 2.59. The molecule has 162 valence electrons. The number of benzene rings is 1. The van der Waals surface area contributed by atoms with Crippen LogP contribution in [0.1, 0.15) is 62.7 Å². The Bertz CT molecular complexity index is 1260. The molecule has 4 aliphatic rings. The Kier molecular flexibility index (Phi) is 4.18. The lowest BCUT2D eigenvalue weighted by atomic mass is 9.64. The molecule has 0 radical (unpaired) electrons. The topological polar surface area (TPSA) is 76.5 Å². The average Bonchev–Trinajstić information content (AvgIpc) is 3.36. The van der Waals surface area contributed by atoms with Crippen molar-refractivity contribution in [2.24, 2.45) is 11.3 Å². The number of aromatic nitrogens is 1. The molecule has 1 aromatic heterocycles. The van der Waals surface area contributed by atoms with Crippen LogP contribution in [0.2, 0.25) is 0 Å². The maximum Gasteiger partial charge on any atom is 0.215 e. The Morgan fingerprint density at radius 2 is 1.91 bits per heavy atom. The minimum atomic E-state index is -0.615. The van der Waals surface area contributed by atoms with E-state index >= 15 is 0 Å². The predicted octanol–water partition coefficient (Wildman–Crippen LogP) is 3.57. The van der Waals surface area contributed by atoms with Crippen LogP contribution in [0, 0.1) is 11.3 Å². The van der Waals surface area contributed by atoms with E-state index in [2.05, 4.69) is 0 Å². The third kappa shape index (κ3) is 2.27. The molecule has 1 amide bonds. The van der Waals surface area contributed by atoms with Gasteiger partial charge in [-0.05, 0) is 31.1 Å². The standard InChI is InChI=1S/C25H22N2O4S/c1-32-13-27-21-20(22(30)14-5-2-3-6-15(14)23(21)31)19-16-8-9-18(29)25(10-4-7-17(16)25)11-26(12-28)24(19)27/h2-3,5-6,8-9,12,16-17H,4,7,10-11,13H2,1H3/t16-,17+,25-/m0/s1. The molecule has 6 nitrogen and oxygen atoms in total. The minimum absolute atomic E-state index is 0.0259. The summed E-state index contributed by atoms with van der Waals surface area (Å²) in [6.07, 6.45) is 8.78. The van der Waals surface area contributed by atoms with E-state index < -0.39 is 5.41 Å². The van der Waals surface area contributed by atoms with Gasteiger partial charge in [-0.1, -0.05) is 36.8 Å². The molecule has 0 saturated heterocycles. The number of hydrogen-bond donors (Lipinski definition) is 0. The van der Waals surface area contributed by atoms with Gasteiger partial charge >= 0.3 is 0 Å². The van der Waals surface area contributed by atoms with Crippen LogP contribution in [-0.4, -0.2) is 41.1 Å². The third-order valence-corrected chi connectivity index (χ3v) is 8.32. The zero-order valence-electron chi connectivity index (χ0n) is 17.7. The Morgan fingerprint density at radius 1 is 1.16 bits per heavy atom. The Hall–Kier alpha value is -2.93. The molecular weight excluding hydrogens is 424 g/mol. The molecule has 32 heavy (non-hydrogen) atoms. The molecule has 1 aromatic carbocycles. The molecule has 3 atom stereocenters. The Balaban J connectivity index is 1.71. The van der Waals surface area contributed by atoms with E-state index in [-0.39, 0.29) is 29.2 Å². The highest BCUT2D eigenvalue weighted by atomic mass is 32.2.